The first-order valence-corrected chi connectivity index (χ1v) is 5.43. The molecule has 0 saturated carbocycles. The second-order valence-corrected chi connectivity index (χ2v) is 4.13. The van der Waals surface area contributed by atoms with E-state index >= 15 is 0 Å². The molecule has 1 aromatic carbocycles. The number of hydrogen-bond acceptors (Lipinski definition) is 2. The lowest BCUT2D eigenvalue weighted by atomic mass is 10.1. The summed E-state index contributed by atoms with van der Waals surface area (Å²) in [6, 6.07) is 2.51. The molecule has 1 heterocycles. The fourth-order valence-electron chi connectivity index (χ4n) is 1.58. The zero-order valence-electron chi connectivity index (χ0n) is 9.39. The number of rotatable bonds is 2. The largest absolute Gasteiger partial charge is 0.453 e. The lowest BCUT2D eigenvalue weighted by molar-refractivity contribution is -0.140. The number of furan rings is 1. The zero-order chi connectivity index (χ0) is 15.1. The number of alkyl halides is 3. The van der Waals surface area contributed by atoms with Crippen molar-refractivity contribution in [2.45, 2.75) is 6.18 Å². The highest BCUT2D eigenvalue weighted by molar-refractivity contribution is 6.33. The summed E-state index contributed by atoms with van der Waals surface area (Å²) in [5.74, 6) is -4.42. The topological polar surface area (TPSA) is 30.2 Å². The maximum atomic E-state index is 13.7. The summed E-state index contributed by atoms with van der Waals surface area (Å²) in [6.45, 7) is 0. The molecule has 0 saturated heterocycles. The third kappa shape index (κ3) is 2.40. The average Bonchev–Trinajstić information content (AvgIpc) is 2.81. The van der Waals surface area contributed by atoms with Crippen LogP contribution in [0.2, 0.25) is 5.02 Å². The van der Waals surface area contributed by atoms with Gasteiger partial charge in [-0.05, 0) is 18.2 Å². The summed E-state index contributed by atoms with van der Waals surface area (Å²) in [7, 11) is 0. The van der Waals surface area contributed by atoms with Crippen molar-refractivity contribution in [1.29, 1.82) is 0 Å². The van der Waals surface area contributed by atoms with Crippen molar-refractivity contribution in [3.63, 3.8) is 0 Å². The van der Waals surface area contributed by atoms with Crippen LogP contribution >= 0.6 is 11.6 Å². The summed E-state index contributed by atoms with van der Waals surface area (Å²) < 4.78 is 69.4. The molecule has 2 rings (SSSR count). The first kappa shape index (κ1) is 14.5. The van der Waals surface area contributed by atoms with Crippen molar-refractivity contribution >= 4 is 17.9 Å². The smallest absolute Gasteiger partial charge is 0.419 e. The number of benzene rings is 1. The lowest BCUT2D eigenvalue weighted by Crippen LogP contribution is -2.10. The standard InChI is InChI=1S/C12H4ClF5O2/c13-7-3-6(12(16,17)18)10(14)11(15)9(7)8-2-1-5(4-19)20-8/h1-4H. The maximum Gasteiger partial charge on any atom is 0.419 e. The third-order valence-corrected chi connectivity index (χ3v) is 2.75. The van der Waals surface area contributed by atoms with Gasteiger partial charge in [0.25, 0.3) is 0 Å². The molecule has 2 nitrogen and oxygen atoms in total. The molecule has 0 aliphatic carbocycles. The summed E-state index contributed by atoms with van der Waals surface area (Å²) >= 11 is 5.54. The molecule has 0 spiro atoms. The van der Waals surface area contributed by atoms with Crippen LogP contribution in [0.25, 0.3) is 11.3 Å². The van der Waals surface area contributed by atoms with E-state index in [0.29, 0.717) is 6.29 Å². The van der Waals surface area contributed by atoms with Crippen molar-refractivity contribution < 1.29 is 31.2 Å². The van der Waals surface area contributed by atoms with Gasteiger partial charge in [-0.3, -0.25) is 4.79 Å². The molecule has 106 valence electrons. The molecule has 1 aromatic heterocycles. The Kier molecular flexibility index (Phi) is 3.56. The van der Waals surface area contributed by atoms with Gasteiger partial charge in [-0.1, -0.05) is 11.6 Å². The van der Waals surface area contributed by atoms with Crippen LogP contribution in [0.1, 0.15) is 16.1 Å². The zero-order valence-corrected chi connectivity index (χ0v) is 10.1. The average molecular weight is 311 g/mol. The number of halogens is 6. The monoisotopic (exact) mass is 310 g/mol. The quantitative estimate of drug-likeness (QED) is 0.457. The van der Waals surface area contributed by atoms with Gasteiger partial charge < -0.3 is 4.42 Å². The van der Waals surface area contributed by atoms with Crippen molar-refractivity contribution in [2.75, 3.05) is 0 Å². The molecule has 0 aliphatic rings. The van der Waals surface area contributed by atoms with Crippen LogP contribution in [0.3, 0.4) is 0 Å². The summed E-state index contributed by atoms with van der Waals surface area (Å²) in [4.78, 5) is 10.4. The minimum absolute atomic E-state index is 0.198. The van der Waals surface area contributed by atoms with Gasteiger partial charge in [0.1, 0.15) is 5.76 Å². The summed E-state index contributed by atoms with van der Waals surface area (Å²) in [5, 5.41) is -0.678. The normalized spacial score (nSPS) is 11.7. The van der Waals surface area contributed by atoms with Crippen LogP contribution in [0.5, 0.6) is 0 Å². The Bertz CT molecular complexity index is 675. The van der Waals surface area contributed by atoms with Crippen molar-refractivity contribution in [1.82, 2.24) is 0 Å². The van der Waals surface area contributed by atoms with Gasteiger partial charge >= 0.3 is 6.18 Å². The predicted octanol–water partition coefficient (Wildman–Crippen LogP) is 4.71. The molecule has 0 amide bonds. The van der Waals surface area contributed by atoms with Gasteiger partial charge in [-0.15, -0.1) is 0 Å². The van der Waals surface area contributed by atoms with E-state index in [4.69, 9.17) is 16.0 Å². The Morgan fingerprint density at radius 3 is 2.30 bits per heavy atom. The van der Waals surface area contributed by atoms with Crippen molar-refractivity contribution in [3.8, 4) is 11.3 Å². The molecule has 0 unspecified atom stereocenters. The Morgan fingerprint density at radius 1 is 1.15 bits per heavy atom. The Balaban J connectivity index is 2.67. The molecule has 0 fully saturated rings. The molecule has 0 N–H and O–H groups in total. The SMILES string of the molecule is O=Cc1ccc(-c2c(Cl)cc(C(F)(F)F)c(F)c2F)o1. The van der Waals surface area contributed by atoms with E-state index in [0.717, 1.165) is 12.1 Å². The van der Waals surface area contributed by atoms with Crippen molar-refractivity contribution in [3.05, 3.63) is 46.2 Å². The van der Waals surface area contributed by atoms with E-state index in [1.54, 1.807) is 0 Å². The van der Waals surface area contributed by atoms with E-state index in [-0.39, 0.29) is 17.6 Å². The van der Waals surface area contributed by atoms with Crippen LogP contribution in [-0.2, 0) is 6.18 Å². The first-order chi connectivity index (χ1) is 9.25. The molecule has 0 radical (unpaired) electrons. The highest BCUT2D eigenvalue weighted by Gasteiger charge is 2.37. The molecule has 8 heteroatoms. The summed E-state index contributed by atoms with van der Waals surface area (Å²) in [6.07, 6.45) is -4.78. The number of aldehydes is 1. The number of carbonyl (C=O) groups excluding carboxylic acids is 1. The molecule has 2 aromatic rings. The summed E-state index contributed by atoms with van der Waals surface area (Å²) in [5.41, 5.74) is -2.49. The third-order valence-electron chi connectivity index (χ3n) is 2.45. The molecule has 0 atom stereocenters. The molecule has 0 bridgehead atoms. The van der Waals surface area contributed by atoms with E-state index in [1.807, 2.05) is 0 Å². The second kappa shape index (κ2) is 4.90. The van der Waals surface area contributed by atoms with Crippen LogP contribution in [0.15, 0.2) is 22.6 Å². The molecular weight excluding hydrogens is 307 g/mol. The molecule has 20 heavy (non-hydrogen) atoms. The second-order valence-electron chi connectivity index (χ2n) is 3.73. The predicted molar refractivity (Wildman–Crippen MR) is 59.5 cm³/mol. The molecule has 0 aliphatic heterocycles. The number of carbonyl (C=O) groups is 1. The lowest BCUT2D eigenvalue weighted by Gasteiger charge is -2.11. The van der Waals surface area contributed by atoms with Gasteiger partial charge in [0.05, 0.1) is 16.1 Å². The Morgan fingerprint density at radius 2 is 1.80 bits per heavy atom. The molecular formula is C12H4ClF5O2. The van der Waals surface area contributed by atoms with Gasteiger partial charge in [0, 0.05) is 0 Å². The van der Waals surface area contributed by atoms with Crippen LogP contribution in [0.4, 0.5) is 22.0 Å². The highest BCUT2D eigenvalue weighted by Crippen LogP contribution is 2.40. The highest BCUT2D eigenvalue weighted by atomic mass is 35.5. The van der Waals surface area contributed by atoms with Gasteiger partial charge in [-0.25, -0.2) is 8.78 Å². The fraction of sp³-hybridized carbons (Fsp3) is 0.0833. The van der Waals surface area contributed by atoms with Gasteiger partial charge in [0.15, 0.2) is 23.7 Å². The van der Waals surface area contributed by atoms with E-state index in [2.05, 4.69) is 0 Å². The number of hydrogen-bond donors (Lipinski definition) is 0. The van der Waals surface area contributed by atoms with E-state index in [1.165, 1.54) is 0 Å². The van der Waals surface area contributed by atoms with E-state index < -0.39 is 34.0 Å². The fourth-order valence-corrected chi connectivity index (χ4v) is 1.86. The van der Waals surface area contributed by atoms with Crippen LogP contribution in [-0.4, -0.2) is 6.29 Å². The van der Waals surface area contributed by atoms with Gasteiger partial charge in [0.2, 0.25) is 0 Å². The van der Waals surface area contributed by atoms with Crippen molar-refractivity contribution in [2.24, 2.45) is 0 Å². The first-order valence-electron chi connectivity index (χ1n) is 5.05. The van der Waals surface area contributed by atoms with Crippen LogP contribution < -0.4 is 0 Å². The van der Waals surface area contributed by atoms with Gasteiger partial charge in [-0.2, -0.15) is 13.2 Å². The maximum absolute atomic E-state index is 13.7. The minimum atomic E-state index is -5.08. The Labute approximate surface area is 113 Å². The Hall–Kier alpha value is -1.89. The van der Waals surface area contributed by atoms with E-state index in [9.17, 15) is 26.7 Å². The minimum Gasteiger partial charge on any atom is -0.453 e. The van der Waals surface area contributed by atoms with Crippen LogP contribution in [0, 0.1) is 11.6 Å².